The predicted molar refractivity (Wildman–Crippen MR) is 143 cm³/mol. The second kappa shape index (κ2) is 10.3. The molecule has 0 amide bonds. The summed E-state index contributed by atoms with van der Waals surface area (Å²) in [5.74, 6) is 2.38. The van der Waals surface area contributed by atoms with Crippen LogP contribution in [-0.4, -0.2) is 40.6 Å². The van der Waals surface area contributed by atoms with Crippen molar-refractivity contribution in [3.05, 3.63) is 108 Å². The van der Waals surface area contributed by atoms with Crippen molar-refractivity contribution < 1.29 is 0 Å². The van der Waals surface area contributed by atoms with Crippen molar-refractivity contribution in [3.8, 4) is 11.4 Å². The Morgan fingerprint density at radius 3 is 1.97 bits per heavy atom. The zero-order chi connectivity index (χ0) is 24.0. The minimum absolute atomic E-state index is 0.296. The molecule has 6 nitrogen and oxygen atoms in total. The molecule has 2 heterocycles. The number of nitrogens with zero attached hydrogens (tertiary/aromatic N) is 5. The van der Waals surface area contributed by atoms with Gasteiger partial charge in [0.15, 0.2) is 5.82 Å². The summed E-state index contributed by atoms with van der Waals surface area (Å²) in [4.78, 5) is 20.4. The molecule has 174 valence electrons. The van der Waals surface area contributed by atoms with Crippen LogP contribution in [0, 0.1) is 0 Å². The van der Waals surface area contributed by atoms with Crippen LogP contribution in [0.5, 0.6) is 0 Å². The van der Waals surface area contributed by atoms with Gasteiger partial charge in [-0.3, -0.25) is 0 Å². The van der Waals surface area contributed by atoms with Crippen LogP contribution in [0.15, 0.2) is 97.3 Å². The molecule has 2 aromatic heterocycles. The molecule has 5 rings (SSSR count). The molecule has 0 atom stereocenters. The van der Waals surface area contributed by atoms with Gasteiger partial charge in [0, 0.05) is 44.3 Å². The molecule has 0 saturated heterocycles. The summed E-state index contributed by atoms with van der Waals surface area (Å²) in [6.45, 7) is 0.769. The van der Waals surface area contributed by atoms with E-state index in [9.17, 15) is 0 Å². The molecular formula is C29H28N6. The average Bonchev–Trinajstić information content (AvgIpc) is 2.92. The lowest BCUT2D eigenvalue weighted by Crippen LogP contribution is -2.12. The minimum atomic E-state index is 0.296. The lowest BCUT2D eigenvalue weighted by Gasteiger charge is -2.19. The Labute approximate surface area is 205 Å². The second-order valence-electron chi connectivity index (χ2n) is 8.67. The highest BCUT2D eigenvalue weighted by Gasteiger charge is 2.15. The Morgan fingerprint density at radius 1 is 0.743 bits per heavy atom. The third kappa shape index (κ3) is 5.11. The SMILES string of the molecule is CN(C)c1ncc(-c2nc(NCCC(c3ccccc3)c3ccccc3)c3ccccc3n2)cn1. The lowest BCUT2D eigenvalue weighted by molar-refractivity contribution is 0.743. The number of nitrogens with one attached hydrogen (secondary N) is 1. The molecular weight excluding hydrogens is 432 g/mol. The molecule has 0 saturated carbocycles. The van der Waals surface area contributed by atoms with Gasteiger partial charge in [0.2, 0.25) is 5.95 Å². The molecule has 35 heavy (non-hydrogen) atoms. The number of para-hydroxylation sites is 1. The van der Waals surface area contributed by atoms with Gasteiger partial charge in [-0.05, 0) is 29.7 Å². The maximum absolute atomic E-state index is 4.87. The predicted octanol–water partition coefficient (Wildman–Crippen LogP) is 5.79. The summed E-state index contributed by atoms with van der Waals surface area (Å²) < 4.78 is 0. The Hall–Kier alpha value is -4.32. The molecule has 0 unspecified atom stereocenters. The minimum Gasteiger partial charge on any atom is -0.369 e. The third-order valence-corrected chi connectivity index (χ3v) is 6.03. The summed E-state index contributed by atoms with van der Waals surface area (Å²) in [5.41, 5.74) is 4.30. The zero-order valence-electron chi connectivity index (χ0n) is 20.0. The maximum atomic E-state index is 4.87. The van der Waals surface area contributed by atoms with Crippen molar-refractivity contribution in [2.24, 2.45) is 0 Å². The van der Waals surface area contributed by atoms with Gasteiger partial charge in [-0.25, -0.2) is 19.9 Å². The number of benzene rings is 3. The van der Waals surface area contributed by atoms with Gasteiger partial charge in [0.1, 0.15) is 5.82 Å². The number of hydrogen-bond acceptors (Lipinski definition) is 6. The van der Waals surface area contributed by atoms with E-state index in [1.165, 1.54) is 11.1 Å². The summed E-state index contributed by atoms with van der Waals surface area (Å²) in [7, 11) is 3.84. The number of rotatable bonds is 8. The number of fused-ring (bicyclic) bond motifs is 1. The smallest absolute Gasteiger partial charge is 0.224 e. The van der Waals surface area contributed by atoms with Crippen molar-refractivity contribution in [2.75, 3.05) is 30.9 Å². The Kier molecular flexibility index (Phi) is 6.61. The number of aromatic nitrogens is 4. The summed E-state index contributed by atoms with van der Waals surface area (Å²) in [6, 6.07) is 29.4. The van der Waals surface area contributed by atoms with E-state index in [-0.39, 0.29) is 0 Å². The van der Waals surface area contributed by atoms with Gasteiger partial charge in [0.05, 0.1) is 11.1 Å². The van der Waals surface area contributed by atoms with Crippen molar-refractivity contribution in [1.82, 2.24) is 19.9 Å². The molecule has 0 fully saturated rings. The monoisotopic (exact) mass is 460 g/mol. The van der Waals surface area contributed by atoms with E-state index in [2.05, 4.69) is 82.0 Å². The molecule has 0 radical (unpaired) electrons. The topological polar surface area (TPSA) is 66.8 Å². The molecule has 0 aliphatic rings. The van der Waals surface area contributed by atoms with Gasteiger partial charge in [-0.1, -0.05) is 72.8 Å². The molecule has 1 N–H and O–H groups in total. The number of anilines is 2. The lowest BCUT2D eigenvalue weighted by atomic mass is 9.88. The summed E-state index contributed by atoms with van der Waals surface area (Å²) in [6.07, 6.45) is 4.48. The molecule has 6 heteroatoms. The van der Waals surface area contributed by atoms with Crippen LogP contribution in [0.3, 0.4) is 0 Å². The first kappa shape index (κ1) is 22.5. The van der Waals surface area contributed by atoms with Gasteiger partial charge < -0.3 is 10.2 Å². The molecule has 5 aromatic rings. The van der Waals surface area contributed by atoms with Gasteiger partial charge in [-0.2, -0.15) is 0 Å². The third-order valence-electron chi connectivity index (χ3n) is 6.03. The van der Waals surface area contributed by atoms with Crippen molar-refractivity contribution in [3.63, 3.8) is 0 Å². The van der Waals surface area contributed by atoms with Crippen molar-refractivity contribution >= 4 is 22.7 Å². The van der Waals surface area contributed by atoms with Gasteiger partial charge in [0.25, 0.3) is 0 Å². The van der Waals surface area contributed by atoms with E-state index in [0.717, 1.165) is 35.2 Å². The van der Waals surface area contributed by atoms with Crippen LogP contribution in [0.4, 0.5) is 11.8 Å². The summed E-state index contributed by atoms with van der Waals surface area (Å²) >= 11 is 0. The van der Waals surface area contributed by atoms with E-state index >= 15 is 0 Å². The first-order chi connectivity index (χ1) is 17.2. The quantitative estimate of drug-likeness (QED) is 0.316. The van der Waals surface area contributed by atoms with E-state index < -0.39 is 0 Å². The molecule has 0 aliphatic heterocycles. The fourth-order valence-corrected chi connectivity index (χ4v) is 4.24. The normalized spacial score (nSPS) is 11.1. The summed E-state index contributed by atoms with van der Waals surface area (Å²) in [5, 5.41) is 4.60. The van der Waals surface area contributed by atoms with E-state index in [1.54, 1.807) is 12.4 Å². The fourth-order valence-electron chi connectivity index (χ4n) is 4.24. The molecule has 0 aliphatic carbocycles. The van der Waals surface area contributed by atoms with Crippen LogP contribution < -0.4 is 10.2 Å². The van der Waals surface area contributed by atoms with Crippen LogP contribution in [0.25, 0.3) is 22.3 Å². The van der Waals surface area contributed by atoms with Gasteiger partial charge >= 0.3 is 0 Å². The standard InChI is InChI=1S/C29H28N6/c1-35(2)29-31-19-23(20-32-29)27-33-26-16-10-9-15-25(26)28(34-27)30-18-17-24(21-11-5-3-6-12-21)22-13-7-4-8-14-22/h3-16,19-20,24H,17-18H2,1-2H3,(H,30,33,34). The number of hydrogen-bond donors (Lipinski definition) is 1. The highest BCUT2D eigenvalue weighted by molar-refractivity contribution is 5.90. The zero-order valence-corrected chi connectivity index (χ0v) is 20.0. The fraction of sp³-hybridized carbons (Fsp3) is 0.172. The van der Waals surface area contributed by atoms with E-state index in [1.807, 2.05) is 37.2 Å². The molecule has 0 bridgehead atoms. The van der Waals surface area contributed by atoms with Crippen LogP contribution in [0.2, 0.25) is 0 Å². The highest BCUT2D eigenvalue weighted by Crippen LogP contribution is 2.29. The van der Waals surface area contributed by atoms with Crippen molar-refractivity contribution in [2.45, 2.75) is 12.3 Å². The first-order valence-corrected chi connectivity index (χ1v) is 11.8. The van der Waals surface area contributed by atoms with Crippen molar-refractivity contribution in [1.29, 1.82) is 0 Å². The van der Waals surface area contributed by atoms with Crippen LogP contribution in [-0.2, 0) is 0 Å². The molecule has 3 aromatic carbocycles. The molecule has 0 spiro atoms. The van der Waals surface area contributed by atoms with Gasteiger partial charge in [-0.15, -0.1) is 0 Å². The highest BCUT2D eigenvalue weighted by atomic mass is 15.2. The second-order valence-corrected chi connectivity index (χ2v) is 8.67. The average molecular weight is 461 g/mol. The Morgan fingerprint density at radius 2 is 1.34 bits per heavy atom. The van der Waals surface area contributed by atoms with Crippen LogP contribution in [0.1, 0.15) is 23.5 Å². The first-order valence-electron chi connectivity index (χ1n) is 11.8. The van der Waals surface area contributed by atoms with E-state index in [0.29, 0.717) is 17.7 Å². The van der Waals surface area contributed by atoms with Crippen LogP contribution >= 0.6 is 0 Å². The maximum Gasteiger partial charge on any atom is 0.224 e. The Bertz CT molecular complexity index is 1350. The largest absolute Gasteiger partial charge is 0.369 e. The Balaban J connectivity index is 1.42. The van der Waals surface area contributed by atoms with E-state index in [4.69, 9.17) is 9.97 Å².